The highest BCUT2D eigenvalue weighted by atomic mass is 19.1. The SMILES string of the molecule is O=C(NCc1ccnc(N2CCCC2)n1)Nc1ccc(F)cc1. The van der Waals surface area contributed by atoms with Gasteiger partial charge in [-0.3, -0.25) is 0 Å². The fourth-order valence-corrected chi connectivity index (χ4v) is 2.43. The molecule has 0 spiro atoms. The molecule has 0 aliphatic carbocycles. The van der Waals surface area contributed by atoms with Crippen LogP contribution in [0.25, 0.3) is 0 Å². The number of carbonyl (C=O) groups is 1. The van der Waals surface area contributed by atoms with E-state index in [0.29, 0.717) is 18.2 Å². The zero-order valence-corrected chi connectivity index (χ0v) is 12.6. The van der Waals surface area contributed by atoms with E-state index >= 15 is 0 Å². The summed E-state index contributed by atoms with van der Waals surface area (Å²) in [6.45, 7) is 2.25. The Morgan fingerprint density at radius 3 is 2.65 bits per heavy atom. The van der Waals surface area contributed by atoms with Crippen LogP contribution in [0.15, 0.2) is 36.5 Å². The predicted molar refractivity (Wildman–Crippen MR) is 85.7 cm³/mol. The van der Waals surface area contributed by atoms with E-state index in [1.165, 1.54) is 24.3 Å². The first-order valence-corrected chi connectivity index (χ1v) is 7.58. The molecule has 1 aliphatic heterocycles. The molecule has 1 saturated heterocycles. The first kappa shape index (κ1) is 15.2. The molecule has 0 unspecified atom stereocenters. The number of benzene rings is 1. The molecule has 2 aromatic rings. The number of halogens is 1. The van der Waals surface area contributed by atoms with E-state index in [1.807, 2.05) is 0 Å². The van der Waals surface area contributed by atoms with E-state index in [9.17, 15) is 9.18 Å². The maximum absolute atomic E-state index is 12.8. The molecule has 1 aromatic carbocycles. The van der Waals surface area contributed by atoms with Crippen LogP contribution in [0.4, 0.5) is 20.8 Å². The quantitative estimate of drug-likeness (QED) is 0.909. The van der Waals surface area contributed by atoms with Crippen molar-refractivity contribution >= 4 is 17.7 Å². The Bertz CT molecular complexity index is 670. The van der Waals surface area contributed by atoms with E-state index in [-0.39, 0.29) is 11.8 Å². The maximum atomic E-state index is 12.8. The molecule has 6 nitrogen and oxygen atoms in total. The summed E-state index contributed by atoms with van der Waals surface area (Å²) in [4.78, 5) is 22.7. The minimum atomic E-state index is -0.363. The van der Waals surface area contributed by atoms with Crippen LogP contribution in [-0.2, 0) is 6.54 Å². The number of rotatable bonds is 4. The molecular weight excluding hydrogens is 297 g/mol. The highest BCUT2D eigenvalue weighted by molar-refractivity contribution is 5.89. The molecule has 1 aliphatic rings. The van der Waals surface area contributed by atoms with Crippen LogP contribution in [0.5, 0.6) is 0 Å². The van der Waals surface area contributed by atoms with Crippen molar-refractivity contribution in [3.8, 4) is 0 Å². The Morgan fingerprint density at radius 1 is 1.17 bits per heavy atom. The molecule has 7 heteroatoms. The predicted octanol–water partition coefficient (Wildman–Crippen LogP) is 2.54. The summed E-state index contributed by atoms with van der Waals surface area (Å²) in [5.41, 5.74) is 1.28. The van der Waals surface area contributed by atoms with Crippen LogP contribution >= 0.6 is 0 Å². The van der Waals surface area contributed by atoms with E-state index < -0.39 is 0 Å². The third-order valence-electron chi connectivity index (χ3n) is 3.62. The number of anilines is 2. The van der Waals surface area contributed by atoms with Crippen molar-refractivity contribution in [3.05, 3.63) is 48.0 Å². The Balaban J connectivity index is 1.54. The van der Waals surface area contributed by atoms with Crippen LogP contribution in [-0.4, -0.2) is 29.1 Å². The van der Waals surface area contributed by atoms with Gasteiger partial charge in [0.2, 0.25) is 5.95 Å². The average molecular weight is 315 g/mol. The van der Waals surface area contributed by atoms with Gasteiger partial charge in [-0.1, -0.05) is 0 Å². The molecule has 0 radical (unpaired) electrons. The molecule has 0 bridgehead atoms. The van der Waals surface area contributed by atoms with Crippen LogP contribution in [0.2, 0.25) is 0 Å². The Morgan fingerprint density at radius 2 is 1.91 bits per heavy atom. The third kappa shape index (κ3) is 4.15. The van der Waals surface area contributed by atoms with Gasteiger partial charge in [0.05, 0.1) is 12.2 Å². The summed E-state index contributed by atoms with van der Waals surface area (Å²) >= 11 is 0. The van der Waals surface area contributed by atoms with Crippen molar-refractivity contribution in [2.45, 2.75) is 19.4 Å². The molecule has 2 N–H and O–H groups in total. The van der Waals surface area contributed by atoms with E-state index in [2.05, 4.69) is 25.5 Å². The molecule has 23 heavy (non-hydrogen) atoms. The van der Waals surface area contributed by atoms with Gasteiger partial charge in [0.25, 0.3) is 0 Å². The van der Waals surface area contributed by atoms with Gasteiger partial charge in [0.1, 0.15) is 5.82 Å². The summed E-state index contributed by atoms with van der Waals surface area (Å²) in [5, 5.41) is 5.37. The van der Waals surface area contributed by atoms with E-state index in [0.717, 1.165) is 31.6 Å². The molecule has 1 aromatic heterocycles. The van der Waals surface area contributed by atoms with Crippen molar-refractivity contribution in [3.63, 3.8) is 0 Å². The summed E-state index contributed by atoms with van der Waals surface area (Å²) < 4.78 is 12.8. The lowest BCUT2D eigenvalue weighted by Gasteiger charge is -2.15. The highest BCUT2D eigenvalue weighted by Crippen LogP contribution is 2.15. The van der Waals surface area contributed by atoms with Gasteiger partial charge >= 0.3 is 6.03 Å². The summed E-state index contributed by atoms with van der Waals surface area (Å²) in [6.07, 6.45) is 4.02. The standard InChI is InChI=1S/C16H18FN5O/c17-12-3-5-13(6-4-12)21-16(23)19-11-14-7-8-18-15(20-14)22-9-1-2-10-22/h3-8H,1-2,9-11H2,(H2,19,21,23). The van der Waals surface area contributed by atoms with Gasteiger partial charge in [-0.25, -0.2) is 19.2 Å². The molecule has 120 valence electrons. The monoisotopic (exact) mass is 315 g/mol. The minimum absolute atomic E-state index is 0.302. The van der Waals surface area contributed by atoms with Crippen LogP contribution in [0.3, 0.4) is 0 Å². The van der Waals surface area contributed by atoms with Gasteiger partial charge < -0.3 is 15.5 Å². The maximum Gasteiger partial charge on any atom is 0.319 e. The van der Waals surface area contributed by atoms with Gasteiger partial charge in [-0.05, 0) is 43.2 Å². The Kier molecular flexibility index (Phi) is 4.65. The number of nitrogens with one attached hydrogen (secondary N) is 2. The molecular formula is C16H18FN5O. The van der Waals surface area contributed by atoms with E-state index in [4.69, 9.17) is 0 Å². The second-order valence-corrected chi connectivity index (χ2v) is 5.36. The number of amides is 2. The first-order valence-electron chi connectivity index (χ1n) is 7.58. The number of carbonyl (C=O) groups excluding carboxylic acids is 1. The molecule has 0 atom stereocenters. The second kappa shape index (κ2) is 7.04. The molecule has 3 rings (SSSR count). The normalized spacial score (nSPS) is 13.9. The van der Waals surface area contributed by atoms with Crippen molar-refractivity contribution in [1.82, 2.24) is 15.3 Å². The lowest BCUT2D eigenvalue weighted by molar-refractivity contribution is 0.251. The van der Waals surface area contributed by atoms with Crippen LogP contribution in [0.1, 0.15) is 18.5 Å². The van der Waals surface area contributed by atoms with Crippen molar-refractivity contribution in [2.75, 3.05) is 23.3 Å². The molecule has 1 fully saturated rings. The third-order valence-corrected chi connectivity index (χ3v) is 3.62. The lowest BCUT2D eigenvalue weighted by atomic mass is 10.3. The van der Waals surface area contributed by atoms with Crippen molar-refractivity contribution in [2.24, 2.45) is 0 Å². The molecule has 2 heterocycles. The van der Waals surface area contributed by atoms with Gasteiger partial charge in [0, 0.05) is 25.0 Å². The number of nitrogens with zero attached hydrogens (tertiary/aromatic N) is 3. The molecule has 2 amide bonds. The fraction of sp³-hybridized carbons (Fsp3) is 0.312. The Labute approximate surface area is 133 Å². The van der Waals surface area contributed by atoms with Crippen LogP contribution < -0.4 is 15.5 Å². The second-order valence-electron chi connectivity index (χ2n) is 5.36. The van der Waals surface area contributed by atoms with Gasteiger partial charge in [-0.15, -0.1) is 0 Å². The number of urea groups is 1. The fourth-order valence-electron chi connectivity index (χ4n) is 2.43. The average Bonchev–Trinajstić information content (AvgIpc) is 3.10. The highest BCUT2D eigenvalue weighted by Gasteiger charge is 2.15. The number of hydrogen-bond acceptors (Lipinski definition) is 4. The largest absolute Gasteiger partial charge is 0.341 e. The number of hydrogen-bond donors (Lipinski definition) is 2. The zero-order chi connectivity index (χ0) is 16.1. The van der Waals surface area contributed by atoms with Gasteiger partial charge in [0.15, 0.2) is 0 Å². The number of aromatic nitrogens is 2. The van der Waals surface area contributed by atoms with Crippen LogP contribution in [0, 0.1) is 5.82 Å². The first-order chi connectivity index (χ1) is 11.2. The summed E-state index contributed by atoms with van der Waals surface area (Å²) in [5.74, 6) is 0.368. The zero-order valence-electron chi connectivity index (χ0n) is 12.6. The van der Waals surface area contributed by atoms with Crippen molar-refractivity contribution in [1.29, 1.82) is 0 Å². The summed E-state index contributed by atoms with van der Waals surface area (Å²) in [6, 6.07) is 7.01. The van der Waals surface area contributed by atoms with Gasteiger partial charge in [-0.2, -0.15) is 0 Å². The van der Waals surface area contributed by atoms with Crippen molar-refractivity contribution < 1.29 is 9.18 Å². The lowest BCUT2D eigenvalue weighted by Crippen LogP contribution is -2.29. The van der Waals surface area contributed by atoms with E-state index in [1.54, 1.807) is 12.3 Å². The minimum Gasteiger partial charge on any atom is -0.341 e. The molecule has 0 saturated carbocycles. The Hall–Kier alpha value is -2.70. The topological polar surface area (TPSA) is 70.2 Å². The smallest absolute Gasteiger partial charge is 0.319 e. The summed E-state index contributed by atoms with van der Waals surface area (Å²) in [7, 11) is 0.